The summed E-state index contributed by atoms with van der Waals surface area (Å²) in [6.07, 6.45) is -5.94. The van der Waals surface area contributed by atoms with Crippen molar-refractivity contribution in [2.24, 2.45) is 5.73 Å². The molecule has 0 aromatic heterocycles. The molecule has 1 aromatic rings. The Hall–Kier alpha value is -1.17. The van der Waals surface area contributed by atoms with E-state index >= 15 is 0 Å². The van der Waals surface area contributed by atoms with E-state index in [4.69, 9.17) is 5.73 Å². The van der Waals surface area contributed by atoms with E-state index in [-0.39, 0.29) is 5.56 Å². The summed E-state index contributed by atoms with van der Waals surface area (Å²) in [5, 5.41) is 0. The fourth-order valence-electron chi connectivity index (χ4n) is 1.27. The van der Waals surface area contributed by atoms with Crippen molar-refractivity contribution in [3.63, 3.8) is 0 Å². The highest BCUT2D eigenvalue weighted by molar-refractivity contribution is 5.21. The lowest BCUT2D eigenvalue weighted by Gasteiger charge is -2.14. The van der Waals surface area contributed by atoms with E-state index in [0.717, 1.165) is 18.2 Å². The first kappa shape index (κ1) is 12.9. The van der Waals surface area contributed by atoms with Gasteiger partial charge in [-0.3, -0.25) is 0 Å². The Morgan fingerprint density at radius 3 is 2.38 bits per heavy atom. The van der Waals surface area contributed by atoms with Gasteiger partial charge in [-0.2, -0.15) is 13.2 Å². The smallest absolute Gasteiger partial charge is 0.324 e. The van der Waals surface area contributed by atoms with Crippen LogP contribution in [0.2, 0.25) is 0 Å². The van der Waals surface area contributed by atoms with Crippen molar-refractivity contribution in [2.45, 2.75) is 25.1 Å². The molecule has 0 bridgehead atoms. The van der Waals surface area contributed by atoms with Gasteiger partial charge >= 0.3 is 6.18 Å². The van der Waals surface area contributed by atoms with Crippen LogP contribution >= 0.6 is 0 Å². The molecule has 16 heavy (non-hydrogen) atoms. The van der Waals surface area contributed by atoms with Crippen LogP contribution in [0.25, 0.3) is 0 Å². The van der Waals surface area contributed by atoms with Crippen molar-refractivity contribution in [2.75, 3.05) is 0 Å². The second-order valence-corrected chi connectivity index (χ2v) is 3.43. The lowest BCUT2D eigenvalue weighted by Crippen LogP contribution is -2.17. The molecule has 0 radical (unpaired) electrons. The summed E-state index contributed by atoms with van der Waals surface area (Å²) >= 11 is 0. The van der Waals surface area contributed by atoms with Crippen molar-refractivity contribution >= 4 is 0 Å². The normalized spacial score (nSPS) is 13.9. The van der Waals surface area contributed by atoms with Gasteiger partial charge in [0.1, 0.15) is 11.6 Å². The molecule has 0 aliphatic heterocycles. The summed E-state index contributed by atoms with van der Waals surface area (Å²) in [5.41, 5.74) is 5.13. The van der Waals surface area contributed by atoms with Crippen LogP contribution in [0.15, 0.2) is 18.2 Å². The molecule has 1 atom stereocenters. The average Bonchev–Trinajstić information content (AvgIpc) is 2.17. The molecule has 0 fully saturated rings. The van der Waals surface area contributed by atoms with Crippen molar-refractivity contribution in [3.05, 3.63) is 35.4 Å². The Labute approximate surface area is 89.1 Å². The largest absolute Gasteiger partial charge is 0.389 e. The maximum Gasteiger partial charge on any atom is 0.389 e. The minimum absolute atomic E-state index is 0.232. The number of halogens is 5. The molecule has 1 aromatic carbocycles. The molecule has 0 spiro atoms. The van der Waals surface area contributed by atoms with Gasteiger partial charge in [-0.15, -0.1) is 0 Å². The Bertz CT molecular complexity index is 361. The molecule has 0 amide bonds. The SMILES string of the molecule is N[C@@H](CCC(F)(F)F)c1cc(F)ccc1F. The molecule has 0 saturated heterocycles. The number of benzene rings is 1. The standard InChI is InChI=1S/C10H10F5N/c11-6-1-2-8(12)7(5-6)9(16)3-4-10(13,14)15/h1-2,5,9H,3-4,16H2/t9-/m0/s1. The van der Waals surface area contributed by atoms with E-state index in [0.29, 0.717) is 0 Å². The second kappa shape index (κ2) is 4.78. The van der Waals surface area contributed by atoms with Crippen molar-refractivity contribution < 1.29 is 22.0 Å². The molecule has 0 aliphatic rings. The number of hydrogen-bond acceptors (Lipinski definition) is 1. The Kier molecular flexibility index (Phi) is 3.85. The number of alkyl halides is 3. The number of hydrogen-bond donors (Lipinski definition) is 1. The summed E-state index contributed by atoms with van der Waals surface area (Å²) in [4.78, 5) is 0. The van der Waals surface area contributed by atoms with Gasteiger partial charge in [-0.1, -0.05) is 0 Å². The van der Waals surface area contributed by atoms with E-state index in [1.54, 1.807) is 0 Å². The van der Waals surface area contributed by atoms with Gasteiger partial charge in [0.2, 0.25) is 0 Å². The first-order valence-electron chi connectivity index (χ1n) is 4.57. The fourth-order valence-corrected chi connectivity index (χ4v) is 1.27. The maximum atomic E-state index is 13.1. The molecule has 0 unspecified atom stereocenters. The minimum atomic E-state index is -4.35. The summed E-state index contributed by atoms with van der Waals surface area (Å²) in [5.74, 6) is -1.52. The topological polar surface area (TPSA) is 26.0 Å². The maximum absolute atomic E-state index is 13.1. The molecule has 1 rings (SSSR count). The molecule has 90 valence electrons. The van der Waals surface area contributed by atoms with Gasteiger partial charge in [0, 0.05) is 18.0 Å². The zero-order valence-corrected chi connectivity index (χ0v) is 8.19. The van der Waals surface area contributed by atoms with E-state index in [9.17, 15) is 22.0 Å². The van der Waals surface area contributed by atoms with Crippen molar-refractivity contribution in [1.82, 2.24) is 0 Å². The second-order valence-electron chi connectivity index (χ2n) is 3.43. The van der Waals surface area contributed by atoms with Gasteiger partial charge in [0.15, 0.2) is 0 Å². The van der Waals surface area contributed by atoms with Crippen molar-refractivity contribution in [3.8, 4) is 0 Å². The first-order valence-corrected chi connectivity index (χ1v) is 4.57. The first-order chi connectivity index (χ1) is 7.29. The van der Waals surface area contributed by atoms with Crippen LogP contribution in [0.4, 0.5) is 22.0 Å². The van der Waals surface area contributed by atoms with Crippen LogP contribution in [0.3, 0.4) is 0 Å². The van der Waals surface area contributed by atoms with Crippen LogP contribution < -0.4 is 5.73 Å². The van der Waals surface area contributed by atoms with E-state index in [2.05, 4.69) is 0 Å². The predicted molar refractivity (Wildman–Crippen MR) is 48.6 cm³/mol. The van der Waals surface area contributed by atoms with Gasteiger partial charge in [0.25, 0.3) is 0 Å². The van der Waals surface area contributed by atoms with Crippen LogP contribution in [0.1, 0.15) is 24.4 Å². The van der Waals surface area contributed by atoms with Crippen LogP contribution in [-0.2, 0) is 0 Å². The third-order valence-corrected chi connectivity index (χ3v) is 2.10. The van der Waals surface area contributed by atoms with Gasteiger partial charge in [0.05, 0.1) is 0 Å². The highest BCUT2D eigenvalue weighted by atomic mass is 19.4. The molecular formula is C10H10F5N. The molecule has 1 nitrogen and oxygen atoms in total. The van der Waals surface area contributed by atoms with E-state index in [1.165, 1.54) is 0 Å². The fraction of sp³-hybridized carbons (Fsp3) is 0.400. The highest BCUT2D eigenvalue weighted by Gasteiger charge is 2.28. The predicted octanol–water partition coefficient (Wildman–Crippen LogP) is 3.31. The van der Waals surface area contributed by atoms with E-state index in [1.807, 2.05) is 0 Å². The zero-order valence-electron chi connectivity index (χ0n) is 8.19. The summed E-state index contributed by atoms with van der Waals surface area (Å²) < 4.78 is 61.5. The molecular weight excluding hydrogens is 229 g/mol. The summed E-state index contributed by atoms with van der Waals surface area (Å²) in [6.45, 7) is 0. The molecule has 6 heteroatoms. The van der Waals surface area contributed by atoms with Crippen LogP contribution in [-0.4, -0.2) is 6.18 Å². The Balaban J connectivity index is 2.73. The molecule has 0 heterocycles. The molecule has 0 aliphatic carbocycles. The minimum Gasteiger partial charge on any atom is -0.324 e. The quantitative estimate of drug-likeness (QED) is 0.804. The lowest BCUT2D eigenvalue weighted by atomic mass is 10.0. The molecule has 2 N–H and O–H groups in total. The third-order valence-electron chi connectivity index (χ3n) is 2.10. The Morgan fingerprint density at radius 2 is 1.81 bits per heavy atom. The summed E-state index contributed by atoms with van der Waals surface area (Å²) in [7, 11) is 0. The number of rotatable bonds is 3. The highest BCUT2D eigenvalue weighted by Crippen LogP contribution is 2.27. The molecule has 0 saturated carbocycles. The van der Waals surface area contributed by atoms with Gasteiger partial charge in [-0.25, -0.2) is 8.78 Å². The Morgan fingerprint density at radius 1 is 1.19 bits per heavy atom. The lowest BCUT2D eigenvalue weighted by molar-refractivity contribution is -0.136. The number of nitrogens with two attached hydrogens (primary N) is 1. The monoisotopic (exact) mass is 239 g/mol. The van der Waals surface area contributed by atoms with Crippen LogP contribution in [0, 0.1) is 11.6 Å². The van der Waals surface area contributed by atoms with Crippen molar-refractivity contribution in [1.29, 1.82) is 0 Å². The van der Waals surface area contributed by atoms with Gasteiger partial charge in [-0.05, 0) is 24.6 Å². The van der Waals surface area contributed by atoms with Gasteiger partial charge < -0.3 is 5.73 Å². The zero-order chi connectivity index (χ0) is 12.3. The average molecular weight is 239 g/mol. The summed E-state index contributed by atoms with van der Waals surface area (Å²) in [6, 6.07) is 1.39. The third kappa shape index (κ3) is 3.77. The van der Waals surface area contributed by atoms with E-state index < -0.39 is 36.7 Å². The van der Waals surface area contributed by atoms with Crippen LogP contribution in [0.5, 0.6) is 0 Å².